The second-order valence-corrected chi connectivity index (χ2v) is 3.29. The molecule has 0 saturated carbocycles. The van der Waals surface area contributed by atoms with Crippen molar-refractivity contribution in [3.05, 3.63) is 24.3 Å². The summed E-state index contributed by atoms with van der Waals surface area (Å²) in [6.45, 7) is 0. The quantitative estimate of drug-likeness (QED) is 0.612. The van der Waals surface area contributed by atoms with Crippen LogP contribution in [0, 0.1) is 5.92 Å². The molecule has 5 nitrogen and oxygen atoms in total. The highest BCUT2D eigenvalue weighted by molar-refractivity contribution is 6.01. The van der Waals surface area contributed by atoms with Crippen LogP contribution in [0.5, 0.6) is 0 Å². The Bertz CT molecular complexity index is 355. The fourth-order valence-electron chi connectivity index (χ4n) is 1.40. The molecular weight excluding hydrogens is 198 g/mol. The number of hydroxylamine groups is 2. The zero-order valence-electron chi connectivity index (χ0n) is 7.88. The van der Waals surface area contributed by atoms with Gasteiger partial charge >= 0.3 is 5.97 Å². The Morgan fingerprint density at radius 1 is 1.20 bits per heavy atom. The van der Waals surface area contributed by atoms with Gasteiger partial charge in [-0.1, -0.05) is 24.3 Å². The Balaban J connectivity index is 1.99. The maximum absolute atomic E-state index is 11.4. The van der Waals surface area contributed by atoms with Crippen LogP contribution in [0.3, 0.4) is 0 Å². The van der Waals surface area contributed by atoms with Gasteiger partial charge in [0.15, 0.2) is 0 Å². The van der Waals surface area contributed by atoms with Crippen LogP contribution >= 0.6 is 0 Å². The minimum absolute atomic E-state index is 0.114. The van der Waals surface area contributed by atoms with E-state index in [2.05, 4.69) is 0 Å². The third kappa shape index (κ3) is 1.81. The molecule has 0 aromatic rings. The number of imide groups is 1. The first-order chi connectivity index (χ1) is 7.18. The normalized spacial score (nSPS) is 20.4. The summed E-state index contributed by atoms with van der Waals surface area (Å²) in [7, 11) is 0. The van der Waals surface area contributed by atoms with Crippen molar-refractivity contribution in [3.63, 3.8) is 0 Å². The van der Waals surface area contributed by atoms with E-state index < -0.39 is 23.7 Å². The van der Waals surface area contributed by atoms with Crippen molar-refractivity contribution in [1.29, 1.82) is 0 Å². The van der Waals surface area contributed by atoms with E-state index in [1.54, 1.807) is 24.3 Å². The van der Waals surface area contributed by atoms with Gasteiger partial charge in [-0.25, -0.2) is 4.79 Å². The predicted octanol–water partition coefficient (Wildman–Crippen LogP) is 0.336. The summed E-state index contributed by atoms with van der Waals surface area (Å²) < 4.78 is 0. The van der Waals surface area contributed by atoms with Crippen molar-refractivity contribution in [2.24, 2.45) is 5.92 Å². The van der Waals surface area contributed by atoms with E-state index >= 15 is 0 Å². The SMILES string of the molecule is O=C(ON1C(=O)CCC1=O)C1C=CC=C1. The van der Waals surface area contributed by atoms with Crippen molar-refractivity contribution in [2.75, 3.05) is 0 Å². The smallest absolute Gasteiger partial charge is 0.329 e. The summed E-state index contributed by atoms with van der Waals surface area (Å²) in [5.41, 5.74) is 0. The van der Waals surface area contributed by atoms with Crippen LogP contribution in [-0.4, -0.2) is 22.8 Å². The molecule has 2 aliphatic rings. The Kier molecular flexibility index (Phi) is 2.37. The number of hydrogen-bond acceptors (Lipinski definition) is 4. The van der Waals surface area contributed by atoms with E-state index in [1.807, 2.05) is 0 Å². The van der Waals surface area contributed by atoms with Crippen LogP contribution in [0.2, 0.25) is 0 Å². The summed E-state index contributed by atoms with van der Waals surface area (Å²) in [5.74, 6) is -2.02. The third-order valence-electron chi connectivity index (χ3n) is 2.21. The Labute approximate surface area is 85.9 Å². The van der Waals surface area contributed by atoms with E-state index in [0.29, 0.717) is 5.06 Å². The molecular formula is C10H9NO4. The van der Waals surface area contributed by atoms with Crippen molar-refractivity contribution in [2.45, 2.75) is 12.8 Å². The molecule has 0 spiro atoms. The van der Waals surface area contributed by atoms with Crippen molar-refractivity contribution >= 4 is 17.8 Å². The first kappa shape index (κ1) is 9.64. The highest BCUT2D eigenvalue weighted by Gasteiger charge is 2.34. The number of rotatable bonds is 2. The molecule has 15 heavy (non-hydrogen) atoms. The van der Waals surface area contributed by atoms with Gasteiger partial charge in [0.1, 0.15) is 0 Å². The average Bonchev–Trinajstić information content (AvgIpc) is 2.82. The van der Waals surface area contributed by atoms with E-state index in [0.717, 1.165) is 0 Å². The molecule has 1 aliphatic heterocycles. The van der Waals surface area contributed by atoms with Crippen molar-refractivity contribution in [1.82, 2.24) is 5.06 Å². The molecule has 0 atom stereocenters. The molecule has 78 valence electrons. The molecule has 1 fully saturated rings. The van der Waals surface area contributed by atoms with Gasteiger partial charge in [-0.2, -0.15) is 0 Å². The molecule has 0 bridgehead atoms. The largest absolute Gasteiger partial charge is 0.343 e. The predicted molar refractivity (Wildman–Crippen MR) is 48.9 cm³/mol. The van der Waals surface area contributed by atoms with Crippen LogP contribution in [0.1, 0.15) is 12.8 Å². The molecule has 1 aliphatic carbocycles. The lowest BCUT2D eigenvalue weighted by atomic mass is 10.2. The molecule has 5 heteroatoms. The molecule has 2 amide bonds. The van der Waals surface area contributed by atoms with Gasteiger partial charge in [-0.05, 0) is 0 Å². The Morgan fingerprint density at radius 3 is 2.27 bits per heavy atom. The van der Waals surface area contributed by atoms with E-state index in [-0.39, 0.29) is 12.8 Å². The molecule has 0 aromatic carbocycles. The summed E-state index contributed by atoms with van der Waals surface area (Å²) in [4.78, 5) is 38.4. The summed E-state index contributed by atoms with van der Waals surface area (Å²) >= 11 is 0. The molecule has 1 heterocycles. The highest BCUT2D eigenvalue weighted by Crippen LogP contribution is 2.16. The number of amides is 2. The lowest BCUT2D eigenvalue weighted by Crippen LogP contribution is -2.33. The molecule has 0 N–H and O–H groups in total. The summed E-state index contributed by atoms with van der Waals surface area (Å²) in [6, 6.07) is 0. The van der Waals surface area contributed by atoms with Crippen LogP contribution in [0.15, 0.2) is 24.3 Å². The van der Waals surface area contributed by atoms with Crippen molar-refractivity contribution < 1.29 is 19.2 Å². The average molecular weight is 207 g/mol. The van der Waals surface area contributed by atoms with Gasteiger partial charge in [-0.15, -0.1) is 5.06 Å². The zero-order chi connectivity index (χ0) is 10.8. The van der Waals surface area contributed by atoms with Gasteiger partial charge < -0.3 is 4.84 Å². The molecule has 0 radical (unpaired) electrons. The van der Waals surface area contributed by atoms with E-state index in [4.69, 9.17) is 4.84 Å². The Morgan fingerprint density at radius 2 is 1.73 bits per heavy atom. The van der Waals surface area contributed by atoms with Crippen LogP contribution in [0.25, 0.3) is 0 Å². The summed E-state index contributed by atoms with van der Waals surface area (Å²) in [6.07, 6.45) is 6.91. The first-order valence-corrected chi connectivity index (χ1v) is 4.61. The second-order valence-electron chi connectivity index (χ2n) is 3.29. The fraction of sp³-hybridized carbons (Fsp3) is 0.300. The second kappa shape index (κ2) is 3.68. The minimum Gasteiger partial charge on any atom is -0.329 e. The van der Waals surface area contributed by atoms with Gasteiger partial charge in [0.2, 0.25) is 0 Å². The van der Waals surface area contributed by atoms with Gasteiger partial charge in [0, 0.05) is 12.8 Å². The number of carbonyl (C=O) groups excluding carboxylic acids is 3. The molecule has 0 unspecified atom stereocenters. The number of hydrogen-bond donors (Lipinski definition) is 0. The standard InChI is InChI=1S/C10H9NO4/c12-8-5-6-9(13)11(8)15-10(14)7-3-1-2-4-7/h1-4,7H,5-6H2. The third-order valence-corrected chi connectivity index (χ3v) is 2.21. The van der Waals surface area contributed by atoms with Gasteiger partial charge in [-0.3, -0.25) is 9.59 Å². The number of allylic oxidation sites excluding steroid dienone is 2. The lowest BCUT2D eigenvalue weighted by molar-refractivity contribution is -0.198. The topological polar surface area (TPSA) is 63.7 Å². The minimum atomic E-state index is -0.608. The highest BCUT2D eigenvalue weighted by atomic mass is 16.7. The van der Waals surface area contributed by atoms with E-state index in [9.17, 15) is 14.4 Å². The van der Waals surface area contributed by atoms with Crippen LogP contribution < -0.4 is 0 Å². The number of carbonyl (C=O) groups is 3. The zero-order valence-corrected chi connectivity index (χ0v) is 7.88. The fourth-order valence-corrected chi connectivity index (χ4v) is 1.40. The van der Waals surface area contributed by atoms with Crippen molar-refractivity contribution in [3.8, 4) is 0 Å². The van der Waals surface area contributed by atoms with Crippen LogP contribution in [0.4, 0.5) is 0 Å². The molecule has 1 saturated heterocycles. The first-order valence-electron chi connectivity index (χ1n) is 4.61. The number of nitrogens with zero attached hydrogens (tertiary/aromatic N) is 1. The monoisotopic (exact) mass is 207 g/mol. The molecule has 2 rings (SSSR count). The molecule has 0 aromatic heterocycles. The van der Waals surface area contributed by atoms with Gasteiger partial charge in [0.25, 0.3) is 11.8 Å². The van der Waals surface area contributed by atoms with Gasteiger partial charge in [0.05, 0.1) is 5.92 Å². The van der Waals surface area contributed by atoms with Crippen LogP contribution in [-0.2, 0) is 19.2 Å². The maximum Gasteiger partial charge on any atom is 0.343 e. The maximum atomic E-state index is 11.4. The summed E-state index contributed by atoms with van der Waals surface area (Å²) in [5, 5.41) is 0.558. The lowest BCUT2D eigenvalue weighted by Gasteiger charge is -2.13. The van der Waals surface area contributed by atoms with E-state index in [1.165, 1.54) is 0 Å². The Hall–Kier alpha value is -1.91.